The number of carbonyl (C=O) groups is 1. The summed E-state index contributed by atoms with van der Waals surface area (Å²) in [7, 11) is 1.60. The van der Waals surface area contributed by atoms with E-state index in [2.05, 4.69) is 0 Å². The van der Waals surface area contributed by atoms with Gasteiger partial charge in [0.25, 0.3) is 0 Å². The number of carbonyl (C=O) groups excluding carboxylic acids is 1. The van der Waals surface area contributed by atoms with Crippen LogP contribution < -0.4 is 16.2 Å². The van der Waals surface area contributed by atoms with E-state index in [0.717, 1.165) is 11.3 Å². The molecule has 1 rings (SSSR count). The Morgan fingerprint density at radius 3 is 2.25 bits per heavy atom. The summed E-state index contributed by atoms with van der Waals surface area (Å²) in [5, 5.41) is 0. The van der Waals surface area contributed by atoms with Gasteiger partial charge >= 0.3 is 0 Å². The quantitative estimate of drug-likeness (QED) is 0.825. The van der Waals surface area contributed by atoms with Crippen LogP contribution in [-0.4, -0.2) is 18.6 Å². The number of methoxy groups -OCH3 is 1. The zero-order chi connectivity index (χ0) is 11.5. The van der Waals surface area contributed by atoms with Gasteiger partial charge in [-0.25, -0.2) is 0 Å². The Bertz CT molecular complexity index is 350. The van der Waals surface area contributed by atoms with Crippen LogP contribution in [0, 0.1) is 0 Å². The van der Waals surface area contributed by atoms with E-state index in [1.165, 1.54) is 0 Å². The van der Waals surface area contributed by atoms with Crippen molar-refractivity contribution < 1.29 is 9.53 Å². The lowest BCUT2D eigenvalue weighted by molar-refractivity contribution is -0.122. The molecule has 0 spiro atoms. The summed E-state index contributed by atoms with van der Waals surface area (Å²) in [5.41, 5.74) is 10.9. The van der Waals surface area contributed by atoms with E-state index < -0.39 is 11.4 Å². The van der Waals surface area contributed by atoms with E-state index in [0.29, 0.717) is 6.42 Å². The van der Waals surface area contributed by atoms with Crippen LogP contribution in [-0.2, 0) is 11.2 Å². The van der Waals surface area contributed by atoms with Crippen LogP contribution in [0.3, 0.4) is 0 Å². The molecule has 1 amide bonds. The standard InChI is InChI=1S/C11H16N2O2.ClH/c1-11(13,10(12)14)7-8-3-5-9(15-2)6-4-8;/h3-6H,7,13H2,1-2H3,(H2,12,14);1H/t11-;/m0./s1. The molecule has 90 valence electrons. The summed E-state index contributed by atoms with van der Waals surface area (Å²) in [6, 6.07) is 7.39. The molecule has 0 bridgehead atoms. The molecular formula is C11H17ClN2O2. The first-order valence-electron chi connectivity index (χ1n) is 4.67. The molecule has 5 heteroatoms. The Balaban J connectivity index is 0.00000225. The van der Waals surface area contributed by atoms with Gasteiger partial charge in [0, 0.05) is 0 Å². The Morgan fingerprint density at radius 1 is 1.38 bits per heavy atom. The van der Waals surface area contributed by atoms with E-state index in [1.54, 1.807) is 14.0 Å². The number of nitrogens with two attached hydrogens (primary N) is 2. The minimum atomic E-state index is -1.01. The Morgan fingerprint density at radius 2 is 1.88 bits per heavy atom. The Kier molecular flexibility index (Phi) is 5.27. The highest BCUT2D eigenvalue weighted by molar-refractivity contribution is 5.85. The van der Waals surface area contributed by atoms with Crippen molar-refractivity contribution in [3.8, 4) is 5.75 Å². The van der Waals surface area contributed by atoms with Crippen molar-refractivity contribution in [2.45, 2.75) is 18.9 Å². The molecule has 1 aromatic carbocycles. The summed E-state index contributed by atoms with van der Waals surface area (Å²) in [6.07, 6.45) is 0.423. The monoisotopic (exact) mass is 244 g/mol. The maximum atomic E-state index is 11.0. The van der Waals surface area contributed by atoms with Crippen molar-refractivity contribution in [3.05, 3.63) is 29.8 Å². The predicted molar refractivity (Wildman–Crippen MR) is 65.7 cm³/mol. The number of hydrogen-bond acceptors (Lipinski definition) is 3. The average molecular weight is 245 g/mol. The highest BCUT2D eigenvalue weighted by atomic mass is 35.5. The number of rotatable bonds is 4. The topological polar surface area (TPSA) is 78.3 Å². The molecule has 0 saturated carbocycles. The van der Waals surface area contributed by atoms with Gasteiger partial charge in [-0.2, -0.15) is 0 Å². The molecule has 0 aromatic heterocycles. The molecule has 0 fully saturated rings. The normalized spacial score (nSPS) is 13.4. The molecule has 0 unspecified atom stereocenters. The summed E-state index contributed by atoms with van der Waals surface area (Å²) >= 11 is 0. The maximum Gasteiger partial charge on any atom is 0.237 e. The molecular weight excluding hydrogens is 228 g/mol. The molecule has 0 aliphatic heterocycles. The molecule has 0 radical (unpaired) electrons. The number of hydrogen-bond donors (Lipinski definition) is 2. The number of primary amides is 1. The number of benzene rings is 1. The molecule has 4 nitrogen and oxygen atoms in total. The van der Waals surface area contributed by atoms with Crippen LogP contribution in [0.2, 0.25) is 0 Å². The van der Waals surface area contributed by atoms with Gasteiger partial charge < -0.3 is 16.2 Å². The van der Waals surface area contributed by atoms with E-state index >= 15 is 0 Å². The lowest BCUT2D eigenvalue weighted by atomic mass is 9.93. The number of halogens is 1. The van der Waals surface area contributed by atoms with Crippen LogP contribution >= 0.6 is 12.4 Å². The van der Waals surface area contributed by atoms with E-state index in [-0.39, 0.29) is 12.4 Å². The summed E-state index contributed by atoms with van der Waals surface area (Å²) in [5.74, 6) is 0.273. The van der Waals surface area contributed by atoms with Crippen LogP contribution in [0.15, 0.2) is 24.3 Å². The smallest absolute Gasteiger partial charge is 0.237 e. The van der Waals surface area contributed by atoms with Gasteiger partial charge in [-0.1, -0.05) is 12.1 Å². The van der Waals surface area contributed by atoms with Crippen molar-refractivity contribution in [1.29, 1.82) is 0 Å². The van der Waals surface area contributed by atoms with E-state index in [4.69, 9.17) is 16.2 Å². The van der Waals surface area contributed by atoms with Crippen molar-refractivity contribution in [1.82, 2.24) is 0 Å². The van der Waals surface area contributed by atoms with Gasteiger partial charge in [0.2, 0.25) is 5.91 Å². The highest BCUT2D eigenvalue weighted by Gasteiger charge is 2.25. The second kappa shape index (κ2) is 5.72. The molecule has 16 heavy (non-hydrogen) atoms. The van der Waals surface area contributed by atoms with Crippen molar-refractivity contribution in [3.63, 3.8) is 0 Å². The fourth-order valence-electron chi connectivity index (χ4n) is 1.25. The minimum Gasteiger partial charge on any atom is -0.497 e. The Hall–Kier alpha value is -1.26. The van der Waals surface area contributed by atoms with Crippen molar-refractivity contribution in [2.24, 2.45) is 11.5 Å². The first kappa shape index (κ1) is 14.7. The number of ether oxygens (including phenoxy) is 1. The minimum absolute atomic E-state index is 0. The van der Waals surface area contributed by atoms with E-state index in [1.807, 2.05) is 24.3 Å². The second-order valence-corrected chi connectivity index (χ2v) is 3.81. The van der Waals surface area contributed by atoms with E-state index in [9.17, 15) is 4.79 Å². The first-order chi connectivity index (χ1) is 6.95. The van der Waals surface area contributed by atoms with Gasteiger partial charge in [-0.3, -0.25) is 4.79 Å². The maximum absolute atomic E-state index is 11.0. The van der Waals surface area contributed by atoms with Gasteiger partial charge in [0.15, 0.2) is 0 Å². The summed E-state index contributed by atoms with van der Waals surface area (Å²) in [6.45, 7) is 1.62. The molecule has 0 saturated heterocycles. The van der Waals surface area contributed by atoms with Gasteiger partial charge in [-0.15, -0.1) is 12.4 Å². The van der Waals surface area contributed by atoms with Crippen LogP contribution in [0.1, 0.15) is 12.5 Å². The van der Waals surface area contributed by atoms with Crippen LogP contribution in [0.25, 0.3) is 0 Å². The second-order valence-electron chi connectivity index (χ2n) is 3.81. The molecule has 1 atom stereocenters. The lowest BCUT2D eigenvalue weighted by Gasteiger charge is -2.20. The van der Waals surface area contributed by atoms with Gasteiger partial charge in [-0.05, 0) is 31.0 Å². The molecule has 1 aromatic rings. The zero-order valence-electron chi connectivity index (χ0n) is 9.40. The Labute approximate surface area is 101 Å². The fourth-order valence-corrected chi connectivity index (χ4v) is 1.25. The number of amides is 1. The average Bonchev–Trinajstić information content (AvgIpc) is 2.18. The third kappa shape index (κ3) is 3.72. The predicted octanol–water partition coefficient (Wildman–Crippen LogP) is 0.862. The van der Waals surface area contributed by atoms with Crippen LogP contribution in [0.5, 0.6) is 5.75 Å². The SMILES string of the molecule is COc1ccc(C[C@](C)(N)C(N)=O)cc1.Cl. The lowest BCUT2D eigenvalue weighted by Crippen LogP contribution is -2.51. The molecule has 4 N–H and O–H groups in total. The molecule has 0 aliphatic carbocycles. The third-order valence-corrected chi connectivity index (χ3v) is 2.29. The first-order valence-corrected chi connectivity index (χ1v) is 4.67. The van der Waals surface area contributed by atoms with Crippen molar-refractivity contribution >= 4 is 18.3 Å². The summed E-state index contributed by atoms with van der Waals surface area (Å²) < 4.78 is 5.02. The summed E-state index contributed by atoms with van der Waals surface area (Å²) in [4.78, 5) is 11.0. The highest BCUT2D eigenvalue weighted by Crippen LogP contribution is 2.15. The van der Waals surface area contributed by atoms with Gasteiger partial charge in [0.05, 0.1) is 12.6 Å². The molecule has 0 heterocycles. The zero-order valence-corrected chi connectivity index (χ0v) is 10.2. The molecule has 0 aliphatic rings. The largest absolute Gasteiger partial charge is 0.497 e. The van der Waals surface area contributed by atoms with Gasteiger partial charge in [0.1, 0.15) is 5.75 Å². The fraction of sp³-hybridized carbons (Fsp3) is 0.364. The van der Waals surface area contributed by atoms with Crippen molar-refractivity contribution in [2.75, 3.05) is 7.11 Å². The third-order valence-electron chi connectivity index (χ3n) is 2.29. The van der Waals surface area contributed by atoms with Crippen LogP contribution in [0.4, 0.5) is 0 Å².